The van der Waals surface area contributed by atoms with Crippen molar-refractivity contribution in [3.8, 4) is 0 Å². The standard InChI is InChI=1S/C14H18FNO3S2/c1-3-19-8-14(13(16)20)11(12(14)21(2,17)18)9-4-6-10(15)7-5-9/h4-7,11-12H,3,8H2,1-2H3,(H2,16,20)/t11-,12+,14+/m1/s1. The fraction of sp³-hybridized carbons (Fsp3) is 0.500. The third kappa shape index (κ3) is 2.82. The summed E-state index contributed by atoms with van der Waals surface area (Å²) >= 11 is 5.12. The Hall–Kier alpha value is -1.05. The van der Waals surface area contributed by atoms with E-state index in [9.17, 15) is 12.8 Å². The van der Waals surface area contributed by atoms with Crippen LogP contribution in [0.15, 0.2) is 24.3 Å². The number of halogens is 1. The maximum absolute atomic E-state index is 13.1. The van der Waals surface area contributed by atoms with Gasteiger partial charge in [-0.1, -0.05) is 24.4 Å². The molecule has 0 bridgehead atoms. The van der Waals surface area contributed by atoms with Crippen LogP contribution in [0.3, 0.4) is 0 Å². The zero-order valence-corrected chi connectivity index (χ0v) is 13.5. The molecule has 2 N–H and O–H groups in total. The molecule has 1 aromatic rings. The lowest BCUT2D eigenvalue weighted by atomic mass is 10.00. The first-order valence-corrected chi connectivity index (χ1v) is 8.93. The fourth-order valence-electron chi connectivity index (χ4n) is 2.98. The molecule has 0 aliphatic heterocycles. The van der Waals surface area contributed by atoms with Crippen LogP contribution >= 0.6 is 12.2 Å². The summed E-state index contributed by atoms with van der Waals surface area (Å²) in [6.07, 6.45) is 1.17. The maximum Gasteiger partial charge on any atom is 0.152 e. The van der Waals surface area contributed by atoms with Crippen LogP contribution in [0.5, 0.6) is 0 Å². The second kappa shape index (κ2) is 5.62. The molecule has 0 amide bonds. The van der Waals surface area contributed by atoms with Crippen LogP contribution in [0, 0.1) is 11.2 Å². The van der Waals surface area contributed by atoms with E-state index in [-0.39, 0.29) is 17.4 Å². The van der Waals surface area contributed by atoms with E-state index in [4.69, 9.17) is 22.7 Å². The van der Waals surface area contributed by atoms with Crippen molar-refractivity contribution in [2.24, 2.45) is 11.1 Å². The fourth-order valence-corrected chi connectivity index (χ4v) is 5.29. The van der Waals surface area contributed by atoms with E-state index in [1.54, 1.807) is 12.1 Å². The molecule has 2 rings (SSSR count). The summed E-state index contributed by atoms with van der Waals surface area (Å²) in [5.41, 5.74) is 5.63. The van der Waals surface area contributed by atoms with Crippen LogP contribution in [0.25, 0.3) is 0 Å². The Morgan fingerprint density at radius 2 is 2.00 bits per heavy atom. The molecule has 3 atom stereocenters. The highest BCUT2D eigenvalue weighted by molar-refractivity contribution is 7.92. The highest BCUT2D eigenvalue weighted by Gasteiger charge is 2.71. The Morgan fingerprint density at radius 3 is 2.43 bits per heavy atom. The lowest BCUT2D eigenvalue weighted by Crippen LogP contribution is -2.33. The normalized spacial score (nSPS) is 28.3. The van der Waals surface area contributed by atoms with Gasteiger partial charge >= 0.3 is 0 Å². The molecule has 0 radical (unpaired) electrons. The van der Waals surface area contributed by atoms with Crippen molar-refractivity contribution in [3.05, 3.63) is 35.6 Å². The average Bonchev–Trinajstić information content (AvgIpc) is 3.08. The lowest BCUT2D eigenvalue weighted by molar-refractivity contribution is 0.121. The van der Waals surface area contributed by atoms with Crippen molar-refractivity contribution in [2.45, 2.75) is 18.1 Å². The van der Waals surface area contributed by atoms with Gasteiger partial charge in [0, 0.05) is 18.8 Å². The Bertz CT molecular complexity index is 645. The van der Waals surface area contributed by atoms with Gasteiger partial charge in [0.1, 0.15) is 5.82 Å². The van der Waals surface area contributed by atoms with E-state index in [0.717, 1.165) is 0 Å². The van der Waals surface area contributed by atoms with Gasteiger partial charge < -0.3 is 10.5 Å². The number of benzene rings is 1. The Labute approximate surface area is 129 Å². The number of hydrogen-bond donors (Lipinski definition) is 1. The van der Waals surface area contributed by atoms with Gasteiger partial charge in [-0.05, 0) is 24.6 Å². The molecule has 1 aromatic carbocycles. The molecule has 0 spiro atoms. The smallest absolute Gasteiger partial charge is 0.152 e. The summed E-state index contributed by atoms with van der Waals surface area (Å²) in [7, 11) is -3.36. The van der Waals surface area contributed by atoms with Crippen molar-refractivity contribution >= 4 is 27.0 Å². The molecule has 0 aromatic heterocycles. The van der Waals surface area contributed by atoms with Crippen LogP contribution < -0.4 is 5.73 Å². The number of hydrogen-bond acceptors (Lipinski definition) is 4. The minimum absolute atomic E-state index is 0.126. The predicted molar refractivity (Wildman–Crippen MR) is 83.5 cm³/mol. The lowest BCUT2D eigenvalue weighted by Gasteiger charge is -2.16. The van der Waals surface area contributed by atoms with E-state index < -0.39 is 26.4 Å². The minimum atomic E-state index is -3.36. The molecule has 1 saturated carbocycles. The molecule has 21 heavy (non-hydrogen) atoms. The zero-order chi connectivity index (χ0) is 15.8. The third-order valence-corrected chi connectivity index (χ3v) is 5.95. The maximum atomic E-state index is 13.1. The highest BCUT2D eigenvalue weighted by atomic mass is 32.2. The molecule has 1 fully saturated rings. The largest absolute Gasteiger partial charge is 0.393 e. The number of nitrogens with two attached hydrogens (primary N) is 1. The van der Waals surface area contributed by atoms with Gasteiger partial charge in [0.05, 0.1) is 22.3 Å². The average molecular weight is 331 g/mol. The van der Waals surface area contributed by atoms with Crippen molar-refractivity contribution in [1.29, 1.82) is 0 Å². The minimum Gasteiger partial charge on any atom is -0.393 e. The quantitative estimate of drug-likeness (QED) is 0.803. The van der Waals surface area contributed by atoms with Crippen LogP contribution in [-0.2, 0) is 14.6 Å². The highest BCUT2D eigenvalue weighted by Crippen LogP contribution is 2.63. The van der Waals surface area contributed by atoms with Crippen molar-refractivity contribution in [2.75, 3.05) is 19.5 Å². The van der Waals surface area contributed by atoms with Crippen molar-refractivity contribution in [1.82, 2.24) is 0 Å². The van der Waals surface area contributed by atoms with Crippen molar-refractivity contribution < 1.29 is 17.5 Å². The SMILES string of the molecule is CCOC[C@]1(C(N)=S)[C@H](c2ccc(F)cc2)[C@@H]1S(C)(=O)=O. The summed E-state index contributed by atoms with van der Waals surface area (Å²) in [5, 5.41) is -0.723. The van der Waals surface area contributed by atoms with Gasteiger partial charge in [0.2, 0.25) is 0 Å². The van der Waals surface area contributed by atoms with Gasteiger partial charge in [-0.3, -0.25) is 0 Å². The summed E-state index contributed by atoms with van der Waals surface area (Å²) in [4.78, 5) is 0.126. The molecule has 1 aliphatic rings. The summed E-state index contributed by atoms with van der Waals surface area (Å²) in [5.74, 6) is -0.766. The van der Waals surface area contributed by atoms with Crippen LogP contribution in [-0.4, -0.2) is 38.1 Å². The Kier molecular flexibility index (Phi) is 4.37. The molecule has 4 nitrogen and oxygen atoms in total. The molecule has 0 unspecified atom stereocenters. The van der Waals surface area contributed by atoms with Crippen molar-refractivity contribution in [3.63, 3.8) is 0 Å². The topological polar surface area (TPSA) is 69.4 Å². The van der Waals surface area contributed by atoms with Crippen LogP contribution in [0.2, 0.25) is 0 Å². The monoisotopic (exact) mass is 331 g/mol. The van der Waals surface area contributed by atoms with E-state index in [1.165, 1.54) is 18.4 Å². The molecule has 7 heteroatoms. The summed E-state index contributed by atoms with van der Waals surface area (Å²) in [6, 6.07) is 5.75. The molecular formula is C14H18FNO3S2. The Morgan fingerprint density at radius 1 is 1.43 bits per heavy atom. The van der Waals surface area contributed by atoms with Gasteiger partial charge in [0.25, 0.3) is 0 Å². The van der Waals surface area contributed by atoms with Crippen LogP contribution in [0.4, 0.5) is 4.39 Å². The molecule has 116 valence electrons. The van der Waals surface area contributed by atoms with Gasteiger partial charge in [0.15, 0.2) is 9.84 Å². The summed E-state index contributed by atoms with van der Waals surface area (Å²) in [6.45, 7) is 2.41. The molecule has 1 aliphatic carbocycles. The third-order valence-electron chi connectivity index (χ3n) is 3.95. The Balaban J connectivity index is 2.46. The second-order valence-corrected chi connectivity index (χ2v) is 7.93. The van der Waals surface area contributed by atoms with Gasteiger partial charge in [-0.2, -0.15) is 0 Å². The number of ether oxygens (including phenoxy) is 1. The second-order valence-electron chi connectivity index (χ2n) is 5.32. The van der Waals surface area contributed by atoms with E-state index in [2.05, 4.69) is 0 Å². The first-order chi connectivity index (χ1) is 9.75. The van der Waals surface area contributed by atoms with Crippen LogP contribution in [0.1, 0.15) is 18.4 Å². The molecule has 0 heterocycles. The number of thiocarbonyl (C=S) groups is 1. The first-order valence-electron chi connectivity index (χ1n) is 6.57. The van der Waals surface area contributed by atoms with E-state index in [1.807, 2.05) is 6.92 Å². The summed E-state index contributed by atoms with van der Waals surface area (Å²) < 4.78 is 42.6. The van der Waals surface area contributed by atoms with E-state index in [0.29, 0.717) is 12.2 Å². The van der Waals surface area contributed by atoms with Gasteiger partial charge in [-0.15, -0.1) is 0 Å². The molecule has 0 saturated heterocycles. The van der Waals surface area contributed by atoms with E-state index >= 15 is 0 Å². The predicted octanol–water partition coefficient (Wildman–Crippen LogP) is 1.65. The molecular weight excluding hydrogens is 313 g/mol. The number of rotatable bonds is 6. The number of sulfone groups is 1. The van der Waals surface area contributed by atoms with Gasteiger partial charge in [-0.25, -0.2) is 12.8 Å². The first kappa shape index (κ1) is 16.3. The zero-order valence-electron chi connectivity index (χ0n) is 11.9.